The number of H-pyrrole nitrogens is 1. The van der Waals surface area contributed by atoms with E-state index in [0.29, 0.717) is 18.8 Å². The molecule has 8 nitrogen and oxygen atoms in total. The molecule has 1 amide bonds. The number of hydrogen-bond acceptors (Lipinski definition) is 5. The summed E-state index contributed by atoms with van der Waals surface area (Å²) in [4.78, 5) is 44.7. The number of pyridine rings is 1. The van der Waals surface area contributed by atoms with Gasteiger partial charge in [0.2, 0.25) is 5.91 Å². The molecular weight excluding hydrogens is 298 g/mol. The first kappa shape index (κ1) is 15.0. The number of hydrogen-bond donors (Lipinski definition) is 1. The number of aromatic amines is 1. The highest BCUT2D eigenvalue weighted by atomic mass is 16.2. The van der Waals surface area contributed by atoms with Gasteiger partial charge in [-0.1, -0.05) is 0 Å². The van der Waals surface area contributed by atoms with Gasteiger partial charge in [0.05, 0.1) is 11.9 Å². The maximum absolute atomic E-state index is 11.8. The Kier molecular flexibility index (Phi) is 3.96. The third-order valence-corrected chi connectivity index (χ3v) is 3.88. The van der Waals surface area contributed by atoms with E-state index in [1.165, 1.54) is 16.8 Å². The van der Waals surface area contributed by atoms with Gasteiger partial charge in [-0.15, -0.1) is 0 Å². The minimum Gasteiger partial charge on any atom is -0.353 e. The van der Waals surface area contributed by atoms with Crippen molar-refractivity contribution in [3.8, 4) is 5.69 Å². The van der Waals surface area contributed by atoms with E-state index in [9.17, 15) is 14.4 Å². The van der Waals surface area contributed by atoms with Crippen LogP contribution in [0.5, 0.6) is 0 Å². The molecule has 1 N–H and O–H groups in total. The third-order valence-electron chi connectivity index (χ3n) is 3.88. The van der Waals surface area contributed by atoms with E-state index in [1.54, 1.807) is 19.2 Å². The molecule has 0 atom stereocenters. The molecule has 120 valence electrons. The van der Waals surface area contributed by atoms with E-state index >= 15 is 0 Å². The molecule has 3 rings (SSSR count). The van der Waals surface area contributed by atoms with Gasteiger partial charge in [0.1, 0.15) is 5.82 Å². The Morgan fingerprint density at radius 2 is 1.87 bits per heavy atom. The molecule has 1 saturated heterocycles. The molecule has 0 aliphatic carbocycles. The van der Waals surface area contributed by atoms with Crippen LogP contribution in [-0.2, 0) is 4.79 Å². The van der Waals surface area contributed by atoms with Crippen molar-refractivity contribution in [3.63, 3.8) is 0 Å². The van der Waals surface area contributed by atoms with Gasteiger partial charge in [-0.05, 0) is 12.1 Å². The molecule has 23 heavy (non-hydrogen) atoms. The van der Waals surface area contributed by atoms with E-state index in [0.717, 1.165) is 18.9 Å². The Balaban J connectivity index is 1.76. The maximum Gasteiger partial charge on any atom is 0.332 e. The standard InChI is InChI=1S/C15H17N5O3/c1-11(21)18-6-8-19(9-7-18)13-3-2-12(10-16-13)20-5-4-14(22)17-15(20)23/h2-5,10H,6-9H2,1H3,(H,17,22,23). The number of nitrogens with zero attached hydrogens (tertiary/aromatic N) is 4. The minimum absolute atomic E-state index is 0.0883. The summed E-state index contributed by atoms with van der Waals surface area (Å²) in [6, 6.07) is 4.89. The summed E-state index contributed by atoms with van der Waals surface area (Å²) in [7, 11) is 0. The Morgan fingerprint density at radius 1 is 1.13 bits per heavy atom. The lowest BCUT2D eigenvalue weighted by molar-refractivity contribution is -0.129. The SMILES string of the molecule is CC(=O)N1CCN(c2ccc(-n3ccc(=O)[nH]c3=O)cn2)CC1. The summed E-state index contributed by atoms with van der Waals surface area (Å²) < 4.78 is 1.33. The molecule has 1 fully saturated rings. The zero-order valence-electron chi connectivity index (χ0n) is 12.7. The second kappa shape index (κ2) is 6.07. The van der Waals surface area contributed by atoms with Crippen molar-refractivity contribution in [2.24, 2.45) is 0 Å². The predicted octanol–water partition coefficient (Wildman–Crippen LogP) is -0.411. The monoisotopic (exact) mass is 315 g/mol. The first-order valence-electron chi connectivity index (χ1n) is 7.33. The molecule has 0 unspecified atom stereocenters. The minimum atomic E-state index is -0.498. The fourth-order valence-corrected chi connectivity index (χ4v) is 2.58. The summed E-state index contributed by atoms with van der Waals surface area (Å²) in [6.07, 6.45) is 3.01. The molecule has 0 aromatic carbocycles. The molecule has 0 bridgehead atoms. The van der Waals surface area contributed by atoms with Crippen molar-refractivity contribution in [1.82, 2.24) is 19.4 Å². The second-order valence-corrected chi connectivity index (χ2v) is 5.35. The summed E-state index contributed by atoms with van der Waals surface area (Å²) >= 11 is 0. The zero-order chi connectivity index (χ0) is 16.4. The van der Waals surface area contributed by atoms with Gasteiger partial charge in [0, 0.05) is 45.4 Å². The molecule has 0 spiro atoms. The topological polar surface area (TPSA) is 91.3 Å². The van der Waals surface area contributed by atoms with Gasteiger partial charge in [0.15, 0.2) is 0 Å². The zero-order valence-corrected chi connectivity index (χ0v) is 12.7. The fourth-order valence-electron chi connectivity index (χ4n) is 2.58. The molecule has 2 aromatic rings. The van der Waals surface area contributed by atoms with Crippen molar-refractivity contribution in [3.05, 3.63) is 51.4 Å². The van der Waals surface area contributed by atoms with Gasteiger partial charge >= 0.3 is 5.69 Å². The van der Waals surface area contributed by atoms with Crippen molar-refractivity contribution in [2.45, 2.75) is 6.92 Å². The van der Waals surface area contributed by atoms with Crippen LogP contribution in [0.25, 0.3) is 5.69 Å². The average Bonchev–Trinajstić information content (AvgIpc) is 2.55. The summed E-state index contributed by atoms with van der Waals surface area (Å²) in [5, 5.41) is 0. The summed E-state index contributed by atoms with van der Waals surface area (Å²) in [6.45, 7) is 4.38. The van der Waals surface area contributed by atoms with E-state index < -0.39 is 11.2 Å². The normalized spacial score (nSPS) is 14.8. The number of carbonyl (C=O) groups excluding carboxylic acids is 1. The summed E-state index contributed by atoms with van der Waals surface area (Å²) in [5.41, 5.74) is -0.348. The number of aromatic nitrogens is 3. The van der Waals surface area contributed by atoms with Crippen LogP contribution in [0.1, 0.15) is 6.92 Å². The van der Waals surface area contributed by atoms with Crippen LogP contribution in [0.4, 0.5) is 5.82 Å². The number of piperazine rings is 1. The van der Waals surface area contributed by atoms with Crippen molar-refractivity contribution < 1.29 is 4.79 Å². The van der Waals surface area contributed by atoms with Gasteiger partial charge < -0.3 is 9.80 Å². The largest absolute Gasteiger partial charge is 0.353 e. The van der Waals surface area contributed by atoms with Gasteiger partial charge in [-0.3, -0.25) is 19.1 Å². The van der Waals surface area contributed by atoms with E-state index in [2.05, 4.69) is 14.9 Å². The van der Waals surface area contributed by atoms with Gasteiger partial charge in [-0.25, -0.2) is 9.78 Å². The first-order valence-corrected chi connectivity index (χ1v) is 7.33. The molecule has 1 aliphatic rings. The maximum atomic E-state index is 11.8. The van der Waals surface area contributed by atoms with Crippen LogP contribution in [0.15, 0.2) is 40.2 Å². The van der Waals surface area contributed by atoms with Crippen LogP contribution in [0, 0.1) is 0 Å². The predicted molar refractivity (Wildman–Crippen MR) is 84.9 cm³/mol. The number of anilines is 1. The van der Waals surface area contributed by atoms with Crippen molar-refractivity contribution in [2.75, 3.05) is 31.1 Å². The third kappa shape index (κ3) is 3.15. The van der Waals surface area contributed by atoms with Crippen LogP contribution in [-0.4, -0.2) is 51.5 Å². The van der Waals surface area contributed by atoms with Gasteiger partial charge in [-0.2, -0.15) is 0 Å². The van der Waals surface area contributed by atoms with E-state index in [1.807, 2.05) is 11.0 Å². The highest BCUT2D eigenvalue weighted by Crippen LogP contribution is 2.15. The van der Waals surface area contributed by atoms with Crippen LogP contribution in [0.3, 0.4) is 0 Å². The molecule has 1 aliphatic heterocycles. The lowest BCUT2D eigenvalue weighted by atomic mass is 10.3. The van der Waals surface area contributed by atoms with E-state index in [4.69, 9.17) is 0 Å². The second-order valence-electron chi connectivity index (χ2n) is 5.35. The van der Waals surface area contributed by atoms with Crippen molar-refractivity contribution in [1.29, 1.82) is 0 Å². The Labute approximate surface area is 132 Å². The molecule has 2 aromatic heterocycles. The Bertz CT molecular complexity index is 816. The Morgan fingerprint density at radius 3 is 2.43 bits per heavy atom. The molecule has 0 radical (unpaired) electrons. The lowest BCUT2D eigenvalue weighted by Crippen LogP contribution is -2.48. The van der Waals surface area contributed by atoms with E-state index in [-0.39, 0.29) is 5.91 Å². The Hall–Kier alpha value is -2.90. The number of amides is 1. The summed E-state index contributed by atoms with van der Waals surface area (Å²) in [5.74, 6) is 0.889. The average molecular weight is 315 g/mol. The quantitative estimate of drug-likeness (QED) is 0.813. The highest BCUT2D eigenvalue weighted by molar-refractivity contribution is 5.73. The van der Waals surface area contributed by atoms with Crippen LogP contribution in [0.2, 0.25) is 0 Å². The van der Waals surface area contributed by atoms with Crippen molar-refractivity contribution >= 4 is 11.7 Å². The smallest absolute Gasteiger partial charge is 0.332 e. The van der Waals surface area contributed by atoms with Crippen LogP contribution < -0.4 is 16.1 Å². The number of rotatable bonds is 2. The number of nitrogens with one attached hydrogen (secondary N) is 1. The first-order chi connectivity index (χ1) is 11.0. The highest BCUT2D eigenvalue weighted by Gasteiger charge is 2.19. The van der Waals surface area contributed by atoms with Gasteiger partial charge in [0.25, 0.3) is 5.56 Å². The van der Waals surface area contributed by atoms with Crippen LogP contribution >= 0.6 is 0 Å². The molecular formula is C15H17N5O3. The lowest BCUT2D eigenvalue weighted by Gasteiger charge is -2.34. The number of carbonyl (C=O) groups is 1. The molecule has 3 heterocycles. The fraction of sp³-hybridized carbons (Fsp3) is 0.333. The molecule has 0 saturated carbocycles. The molecule has 8 heteroatoms.